The first kappa shape index (κ1) is 25.2. The van der Waals surface area contributed by atoms with E-state index in [1.807, 2.05) is 24.3 Å². The first-order chi connectivity index (χ1) is 16.6. The van der Waals surface area contributed by atoms with Gasteiger partial charge in [-0.1, -0.05) is 30.3 Å². The molecule has 0 saturated heterocycles. The van der Waals surface area contributed by atoms with Crippen LogP contribution in [0.2, 0.25) is 0 Å². The van der Waals surface area contributed by atoms with Gasteiger partial charge in [-0.25, -0.2) is 4.79 Å². The Morgan fingerprint density at radius 1 is 0.914 bits per heavy atom. The number of nitrogens with one attached hydrogen (secondary N) is 3. The van der Waals surface area contributed by atoms with Crippen molar-refractivity contribution < 1.29 is 29.4 Å². The lowest BCUT2D eigenvalue weighted by molar-refractivity contribution is -0.142. The molecular formula is C24H27N5O6. The molecule has 3 aromatic rings. The van der Waals surface area contributed by atoms with E-state index in [1.165, 1.54) is 12.1 Å². The van der Waals surface area contributed by atoms with Crippen molar-refractivity contribution in [3.8, 4) is 5.75 Å². The average Bonchev–Trinajstić information content (AvgIpc) is 3.22. The van der Waals surface area contributed by atoms with Gasteiger partial charge >= 0.3 is 5.97 Å². The SMILES string of the molecule is NC(=O)CC(NC(=O)C(N)Cc1ccc(O)cc1)C(=O)NC(Cc1c[nH]c2ccccc12)C(=O)O. The third kappa shape index (κ3) is 6.81. The lowest BCUT2D eigenvalue weighted by Gasteiger charge is -2.22. The summed E-state index contributed by atoms with van der Waals surface area (Å²) in [4.78, 5) is 51.9. The van der Waals surface area contributed by atoms with Gasteiger partial charge in [-0.3, -0.25) is 14.4 Å². The molecule has 3 unspecified atom stereocenters. The van der Waals surface area contributed by atoms with Crippen molar-refractivity contribution >= 4 is 34.6 Å². The van der Waals surface area contributed by atoms with Gasteiger partial charge in [-0.15, -0.1) is 0 Å². The zero-order chi connectivity index (χ0) is 25.5. The normalized spacial score (nSPS) is 13.5. The zero-order valence-corrected chi connectivity index (χ0v) is 18.7. The number of rotatable bonds is 11. The zero-order valence-electron chi connectivity index (χ0n) is 18.7. The number of carbonyl (C=O) groups is 4. The van der Waals surface area contributed by atoms with Crippen molar-refractivity contribution in [3.63, 3.8) is 0 Å². The Kier molecular flexibility index (Phi) is 8.05. The Morgan fingerprint density at radius 2 is 1.57 bits per heavy atom. The number of phenols is 1. The van der Waals surface area contributed by atoms with Crippen LogP contribution < -0.4 is 22.1 Å². The van der Waals surface area contributed by atoms with E-state index in [0.29, 0.717) is 11.1 Å². The van der Waals surface area contributed by atoms with Crippen LogP contribution in [0.4, 0.5) is 0 Å². The summed E-state index contributed by atoms with van der Waals surface area (Å²) in [5, 5.41) is 24.6. The van der Waals surface area contributed by atoms with E-state index in [2.05, 4.69) is 15.6 Å². The Hall–Kier alpha value is -4.38. The highest BCUT2D eigenvalue weighted by atomic mass is 16.4. The fourth-order valence-electron chi connectivity index (χ4n) is 3.66. The van der Waals surface area contributed by atoms with Crippen LogP contribution in [0.5, 0.6) is 5.75 Å². The molecule has 1 aromatic heterocycles. The van der Waals surface area contributed by atoms with E-state index in [-0.39, 0.29) is 18.6 Å². The van der Waals surface area contributed by atoms with Gasteiger partial charge in [-0.2, -0.15) is 0 Å². The number of benzene rings is 2. The second-order valence-corrected chi connectivity index (χ2v) is 8.17. The molecule has 0 bridgehead atoms. The van der Waals surface area contributed by atoms with Gasteiger partial charge in [0.15, 0.2) is 0 Å². The van der Waals surface area contributed by atoms with Crippen molar-refractivity contribution in [2.45, 2.75) is 37.4 Å². The second-order valence-electron chi connectivity index (χ2n) is 8.17. The minimum atomic E-state index is -1.41. The molecule has 9 N–H and O–H groups in total. The lowest BCUT2D eigenvalue weighted by Crippen LogP contribution is -2.56. The number of carbonyl (C=O) groups excluding carboxylic acids is 3. The summed E-state index contributed by atoms with van der Waals surface area (Å²) in [6.07, 6.45) is 1.21. The Morgan fingerprint density at radius 3 is 2.23 bits per heavy atom. The summed E-state index contributed by atoms with van der Waals surface area (Å²) in [7, 11) is 0. The van der Waals surface area contributed by atoms with Crippen LogP contribution in [0.15, 0.2) is 54.7 Å². The third-order valence-corrected chi connectivity index (χ3v) is 5.48. The number of phenolic OH excluding ortho intramolecular Hbond substituents is 1. The van der Waals surface area contributed by atoms with E-state index < -0.39 is 48.2 Å². The van der Waals surface area contributed by atoms with Gasteiger partial charge in [0.25, 0.3) is 0 Å². The molecule has 0 spiro atoms. The second kappa shape index (κ2) is 11.2. The number of nitrogens with two attached hydrogens (primary N) is 2. The van der Waals surface area contributed by atoms with Gasteiger partial charge in [0.1, 0.15) is 17.8 Å². The van der Waals surface area contributed by atoms with Crippen LogP contribution >= 0.6 is 0 Å². The number of aliphatic carboxylic acids is 1. The number of fused-ring (bicyclic) bond motifs is 1. The molecule has 184 valence electrons. The van der Waals surface area contributed by atoms with E-state index in [9.17, 15) is 29.4 Å². The summed E-state index contributed by atoms with van der Waals surface area (Å²) in [6.45, 7) is 0. The predicted molar refractivity (Wildman–Crippen MR) is 127 cm³/mol. The lowest BCUT2D eigenvalue weighted by atomic mass is 10.0. The number of aromatic nitrogens is 1. The van der Waals surface area contributed by atoms with Crippen molar-refractivity contribution in [2.75, 3.05) is 0 Å². The number of primary amides is 1. The van der Waals surface area contributed by atoms with Gasteiger partial charge in [-0.05, 0) is 35.7 Å². The van der Waals surface area contributed by atoms with Crippen LogP contribution in [-0.4, -0.2) is 57.0 Å². The third-order valence-electron chi connectivity index (χ3n) is 5.48. The Balaban J connectivity index is 1.68. The molecule has 0 aliphatic carbocycles. The summed E-state index contributed by atoms with van der Waals surface area (Å²) in [6, 6.07) is 9.61. The molecule has 0 aliphatic heterocycles. The summed E-state index contributed by atoms with van der Waals surface area (Å²) < 4.78 is 0. The number of hydrogen-bond donors (Lipinski definition) is 7. The number of amides is 3. The highest BCUT2D eigenvalue weighted by Crippen LogP contribution is 2.19. The summed E-state index contributed by atoms with van der Waals surface area (Å²) in [5.41, 5.74) is 13.3. The number of carboxylic acid groups (broad SMARTS) is 1. The predicted octanol–water partition coefficient (Wildman–Crippen LogP) is -0.0844. The first-order valence-corrected chi connectivity index (χ1v) is 10.8. The number of aromatic amines is 1. The molecule has 11 heteroatoms. The molecule has 2 aromatic carbocycles. The summed E-state index contributed by atoms with van der Waals surface area (Å²) in [5.74, 6) is -3.67. The molecule has 3 amide bonds. The smallest absolute Gasteiger partial charge is 0.326 e. The van der Waals surface area contributed by atoms with Crippen molar-refractivity contribution in [2.24, 2.45) is 11.5 Å². The highest BCUT2D eigenvalue weighted by Gasteiger charge is 2.29. The molecule has 0 fully saturated rings. The van der Waals surface area contributed by atoms with E-state index in [0.717, 1.165) is 10.9 Å². The highest BCUT2D eigenvalue weighted by molar-refractivity contribution is 5.95. The number of carboxylic acids is 1. The van der Waals surface area contributed by atoms with Crippen molar-refractivity contribution in [1.29, 1.82) is 0 Å². The van der Waals surface area contributed by atoms with Gasteiger partial charge in [0.2, 0.25) is 17.7 Å². The number of hydrogen-bond acceptors (Lipinski definition) is 6. The number of aromatic hydroxyl groups is 1. The monoisotopic (exact) mass is 481 g/mol. The minimum Gasteiger partial charge on any atom is -0.508 e. The Labute approximate surface area is 200 Å². The first-order valence-electron chi connectivity index (χ1n) is 10.8. The van der Waals surface area contributed by atoms with Gasteiger partial charge < -0.3 is 37.3 Å². The fourth-order valence-corrected chi connectivity index (χ4v) is 3.66. The summed E-state index contributed by atoms with van der Waals surface area (Å²) >= 11 is 0. The van der Waals surface area contributed by atoms with Gasteiger partial charge in [0, 0.05) is 23.5 Å². The van der Waals surface area contributed by atoms with E-state index >= 15 is 0 Å². The van der Waals surface area contributed by atoms with Gasteiger partial charge in [0.05, 0.1) is 12.5 Å². The topological polar surface area (TPSA) is 201 Å². The Bertz CT molecular complexity index is 1220. The van der Waals surface area contributed by atoms with E-state index in [4.69, 9.17) is 11.5 Å². The van der Waals surface area contributed by atoms with E-state index in [1.54, 1.807) is 18.3 Å². The molecule has 35 heavy (non-hydrogen) atoms. The fraction of sp³-hybridized carbons (Fsp3) is 0.250. The molecule has 0 aliphatic rings. The molecular weight excluding hydrogens is 454 g/mol. The molecule has 11 nitrogen and oxygen atoms in total. The number of H-pyrrole nitrogens is 1. The molecule has 3 atom stereocenters. The molecule has 3 rings (SSSR count). The average molecular weight is 482 g/mol. The van der Waals surface area contributed by atoms with Crippen LogP contribution in [0, 0.1) is 0 Å². The van der Waals surface area contributed by atoms with Crippen LogP contribution in [0.1, 0.15) is 17.5 Å². The number of para-hydroxylation sites is 1. The maximum absolute atomic E-state index is 12.9. The standard InChI is InChI=1S/C24H27N5O6/c25-17(9-13-5-7-15(30)8-6-13)22(32)28-19(11-21(26)31)23(33)29-20(24(34)35)10-14-12-27-18-4-2-1-3-16(14)18/h1-8,12,17,19-20,27,30H,9-11,25H2,(H2,26,31)(H,28,32)(H,29,33)(H,34,35). The molecule has 1 heterocycles. The van der Waals surface area contributed by atoms with Crippen molar-refractivity contribution in [1.82, 2.24) is 15.6 Å². The molecule has 0 radical (unpaired) electrons. The maximum Gasteiger partial charge on any atom is 0.326 e. The van der Waals surface area contributed by atoms with Crippen LogP contribution in [0.3, 0.4) is 0 Å². The van der Waals surface area contributed by atoms with Crippen molar-refractivity contribution in [3.05, 3.63) is 65.9 Å². The maximum atomic E-state index is 12.9. The quantitative estimate of drug-likeness (QED) is 0.198. The largest absolute Gasteiger partial charge is 0.508 e. The van der Waals surface area contributed by atoms with Crippen LogP contribution in [-0.2, 0) is 32.0 Å². The molecule has 0 saturated carbocycles. The van der Waals surface area contributed by atoms with Crippen LogP contribution in [0.25, 0.3) is 10.9 Å². The minimum absolute atomic E-state index is 0.0251.